The summed E-state index contributed by atoms with van der Waals surface area (Å²) in [4.78, 5) is 11.4. The summed E-state index contributed by atoms with van der Waals surface area (Å²) in [6, 6.07) is 0. The van der Waals surface area contributed by atoms with Gasteiger partial charge in [0.2, 0.25) is 5.91 Å². The molecule has 2 N–H and O–H groups in total. The van der Waals surface area contributed by atoms with Crippen LogP contribution < -0.4 is 5.73 Å². The summed E-state index contributed by atoms with van der Waals surface area (Å²) in [5, 5.41) is 0. The summed E-state index contributed by atoms with van der Waals surface area (Å²) in [7, 11) is 0. The average molecular weight is 631 g/mol. The van der Waals surface area contributed by atoms with Gasteiger partial charge in [-0.15, -0.1) is 0 Å². The Morgan fingerprint density at radius 2 is 0.850 bits per heavy atom. The van der Waals surface area contributed by atoms with Crippen molar-refractivity contribution in [3.05, 3.63) is 0 Å². The average Bonchev–Trinajstić information content (AvgIpc) is 2.78. The van der Waals surface area contributed by atoms with Gasteiger partial charge in [-0.2, -0.15) is 74.6 Å². The second-order valence-electron chi connectivity index (χ2n) is 9.22. The number of hydrogen-bond acceptors (Lipinski definition) is 1. The van der Waals surface area contributed by atoms with Crippen LogP contribution in [0.25, 0.3) is 0 Å². The van der Waals surface area contributed by atoms with Crippen molar-refractivity contribution in [1.29, 1.82) is 0 Å². The van der Waals surface area contributed by atoms with Crippen LogP contribution in [0.3, 0.4) is 0 Å². The molecule has 40 heavy (non-hydrogen) atoms. The van der Waals surface area contributed by atoms with Gasteiger partial charge in [0, 0.05) is 12.3 Å². The van der Waals surface area contributed by atoms with Crippen LogP contribution in [0.5, 0.6) is 0 Å². The minimum atomic E-state index is -8.68. The van der Waals surface area contributed by atoms with Crippen LogP contribution in [-0.2, 0) is 4.79 Å². The minimum Gasteiger partial charge on any atom is -0.369 e. The number of amides is 1. The van der Waals surface area contributed by atoms with Gasteiger partial charge in [-0.1, -0.05) is 58.3 Å². The molecular weight excluding hydrogens is 605 g/mol. The van der Waals surface area contributed by atoms with Gasteiger partial charge < -0.3 is 5.73 Å². The number of carbonyl (C=O) groups excluding carboxylic acids is 1. The highest BCUT2D eigenvalue weighted by Crippen LogP contribution is 2.64. The van der Waals surface area contributed by atoms with Gasteiger partial charge in [-0.05, 0) is 6.42 Å². The molecule has 0 saturated heterocycles. The summed E-state index contributed by atoms with van der Waals surface area (Å²) in [5.41, 5.74) is 4.73. The molecule has 0 heterocycles. The number of halogens is 17. The topological polar surface area (TPSA) is 43.1 Å². The molecule has 0 bridgehead atoms. The van der Waals surface area contributed by atoms with E-state index in [2.05, 4.69) is 0 Å². The van der Waals surface area contributed by atoms with Crippen LogP contribution in [0.4, 0.5) is 74.6 Å². The Balaban J connectivity index is 6.03. The lowest BCUT2D eigenvalue weighted by Crippen LogP contribution is -2.74. The smallest absolute Gasteiger partial charge is 0.369 e. The van der Waals surface area contributed by atoms with Crippen molar-refractivity contribution in [3.63, 3.8) is 0 Å². The number of nitrogens with two attached hydrogens (primary N) is 1. The molecule has 2 nitrogen and oxygen atoms in total. The van der Waals surface area contributed by atoms with Crippen LogP contribution in [-0.4, -0.2) is 53.5 Å². The van der Waals surface area contributed by atoms with E-state index in [0.29, 0.717) is 12.8 Å². The van der Waals surface area contributed by atoms with Crippen LogP contribution in [0.1, 0.15) is 71.1 Å². The van der Waals surface area contributed by atoms with E-state index in [0.717, 1.165) is 25.7 Å². The Hall–Kier alpha value is -1.72. The monoisotopic (exact) mass is 631 g/mol. The Kier molecular flexibility index (Phi) is 12.1. The molecule has 0 saturated carbocycles. The summed E-state index contributed by atoms with van der Waals surface area (Å²) < 4.78 is 227. The minimum absolute atomic E-state index is 0.167. The lowest BCUT2D eigenvalue weighted by Gasteiger charge is -2.43. The first-order valence-corrected chi connectivity index (χ1v) is 11.6. The van der Waals surface area contributed by atoms with Crippen molar-refractivity contribution >= 4 is 5.91 Å². The molecule has 0 aromatic rings. The molecule has 0 aliphatic rings. The number of hydrogen-bond donors (Lipinski definition) is 1. The number of carbonyl (C=O) groups is 1. The third kappa shape index (κ3) is 7.01. The van der Waals surface area contributed by atoms with E-state index < -0.39 is 72.3 Å². The SMILES string of the molecule is CCCCCCCCCCC(CC(F)(F)C(F)(F)C(F)(F)C(F)(F)C(F)(F)C(F)(F)C(F)(F)C(F)(F)F)C(N)=O. The van der Waals surface area contributed by atoms with Crippen molar-refractivity contribution in [2.24, 2.45) is 11.7 Å². The van der Waals surface area contributed by atoms with Gasteiger partial charge in [0.25, 0.3) is 0 Å². The normalized spacial score (nSPS) is 15.8. The number of primary amides is 1. The molecule has 0 aromatic carbocycles. The third-order valence-corrected chi connectivity index (χ3v) is 6.10. The molecule has 1 amide bonds. The van der Waals surface area contributed by atoms with E-state index in [-0.39, 0.29) is 12.8 Å². The maximum atomic E-state index is 14.2. The quantitative estimate of drug-likeness (QED) is 0.119. The largest absolute Gasteiger partial charge is 0.460 e. The van der Waals surface area contributed by atoms with E-state index in [4.69, 9.17) is 5.73 Å². The first kappa shape index (κ1) is 38.3. The number of rotatable bonds is 18. The third-order valence-electron chi connectivity index (χ3n) is 6.10. The molecule has 0 aliphatic heterocycles. The van der Waals surface area contributed by atoms with Gasteiger partial charge in [0.15, 0.2) is 0 Å². The predicted molar refractivity (Wildman–Crippen MR) is 105 cm³/mol. The number of unbranched alkanes of at least 4 members (excludes halogenated alkanes) is 7. The Labute approximate surface area is 216 Å². The first-order chi connectivity index (χ1) is 17.6. The van der Waals surface area contributed by atoms with Gasteiger partial charge in [0.05, 0.1) is 0 Å². The van der Waals surface area contributed by atoms with E-state index in [1.165, 1.54) is 0 Å². The zero-order chi connectivity index (χ0) is 32.2. The first-order valence-electron chi connectivity index (χ1n) is 11.6. The number of alkyl halides is 17. The Morgan fingerprint density at radius 1 is 0.525 bits per heavy atom. The molecule has 0 spiro atoms. The molecule has 0 radical (unpaired) electrons. The maximum absolute atomic E-state index is 14.2. The molecule has 240 valence electrons. The van der Waals surface area contributed by atoms with Crippen LogP contribution in [0.15, 0.2) is 0 Å². The molecule has 0 rings (SSSR count). The zero-order valence-corrected chi connectivity index (χ0v) is 20.6. The van der Waals surface area contributed by atoms with Crippen molar-refractivity contribution in [1.82, 2.24) is 0 Å². The lowest BCUT2D eigenvalue weighted by molar-refractivity contribution is -0.462. The van der Waals surface area contributed by atoms with Crippen LogP contribution in [0, 0.1) is 5.92 Å². The van der Waals surface area contributed by atoms with Crippen molar-refractivity contribution in [3.8, 4) is 0 Å². The van der Waals surface area contributed by atoms with Gasteiger partial charge in [-0.25, -0.2) is 0 Å². The molecule has 0 aromatic heterocycles. The van der Waals surface area contributed by atoms with E-state index >= 15 is 0 Å². The summed E-state index contributed by atoms with van der Waals surface area (Å²) in [6.45, 7) is 1.92. The molecule has 1 unspecified atom stereocenters. The Bertz CT molecular complexity index is 822. The molecule has 19 heteroatoms. The van der Waals surface area contributed by atoms with Crippen LogP contribution >= 0.6 is 0 Å². The van der Waals surface area contributed by atoms with Gasteiger partial charge >= 0.3 is 47.6 Å². The molecule has 0 aliphatic carbocycles. The fourth-order valence-electron chi connectivity index (χ4n) is 3.50. The summed E-state index contributed by atoms with van der Waals surface area (Å²) in [5.74, 6) is -61.2. The van der Waals surface area contributed by atoms with Crippen molar-refractivity contribution < 1.29 is 79.4 Å². The lowest BCUT2D eigenvalue weighted by atomic mass is 9.85. The highest BCUT2D eigenvalue weighted by molar-refractivity contribution is 5.76. The van der Waals surface area contributed by atoms with E-state index in [1.54, 1.807) is 0 Å². The second-order valence-corrected chi connectivity index (χ2v) is 9.22. The molecular formula is C21H26F17NO. The van der Waals surface area contributed by atoms with Crippen molar-refractivity contribution in [2.75, 3.05) is 0 Å². The zero-order valence-electron chi connectivity index (χ0n) is 20.6. The highest BCUT2D eigenvalue weighted by atomic mass is 19.4. The summed E-state index contributed by atoms with van der Waals surface area (Å²) in [6.07, 6.45) is -7.02. The van der Waals surface area contributed by atoms with Crippen LogP contribution in [0.2, 0.25) is 0 Å². The van der Waals surface area contributed by atoms with Gasteiger partial charge in [0.1, 0.15) is 0 Å². The fraction of sp³-hybridized carbons (Fsp3) is 0.952. The highest BCUT2D eigenvalue weighted by Gasteiger charge is 2.95. The second kappa shape index (κ2) is 12.7. The molecule has 0 fully saturated rings. The summed E-state index contributed by atoms with van der Waals surface area (Å²) >= 11 is 0. The van der Waals surface area contributed by atoms with Gasteiger partial charge in [-0.3, -0.25) is 4.79 Å². The Morgan fingerprint density at radius 3 is 1.20 bits per heavy atom. The molecule has 1 atom stereocenters. The standard InChI is InChI=1S/C21H26F17NO/c1-2-3-4-5-6-7-8-9-10-12(13(39)40)11-14(22,23)15(24,25)16(26,27)17(28,29)18(30,31)19(32,33)20(34,35)21(36,37)38/h12H,2-11H2,1H3,(H2,39,40). The maximum Gasteiger partial charge on any atom is 0.460 e. The predicted octanol–water partition coefficient (Wildman–Crippen LogP) is 9.02. The van der Waals surface area contributed by atoms with E-state index in [1.807, 2.05) is 6.92 Å². The van der Waals surface area contributed by atoms with Crippen molar-refractivity contribution in [2.45, 2.75) is 119 Å². The fourth-order valence-corrected chi connectivity index (χ4v) is 3.50. The van der Waals surface area contributed by atoms with E-state index in [9.17, 15) is 79.4 Å².